The van der Waals surface area contributed by atoms with Crippen LogP contribution in [0.2, 0.25) is 0 Å². The number of carboxylic acids is 1. The molecule has 0 bridgehead atoms. The number of aliphatic imine (C=N–C) groups is 1. The highest BCUT2D eigenvalue weighted by molar-refractivity contribution is 5.77. The molecule has 8 heteroatoms. The van der Waals surface area contributed by atoms with Crippen molar-refractivity contribution in [2.75, 3.05) is 13.2 Å². The van der Waals surface area contributed by atoms with Crippen molar-refractivity contribution in [3.8, 4) is 5.75 Å². The van der Waals surface area contributed by atoms with E-state index in [0.717, 1.165) is 16.0 Å². The fourth-order valence-corrected chi connectivity index (χ4v) is 3.27. The molecule has 0 aliphatic heterocycles. The van der Waals surface area contributed by atoms with Gasteiger partial charge in [-0.1, -0.05) is 62.0 Å². The second-order valence-electron chi connectivity index (χ2n) is 8.02. The molecule has 8 nitrogen and oxygen atoms in total. The zero-order valence-corrected chi connectivity index (χ0v) is 21.4. The minimum Gasteiger partial charge on any atom is -0.493 e. The van der Waals surface area contributed by atoms with Gasteiger partial charge in [0, 0.05) is 19.4 Å². The molecule has 196 valence electrons. The van der Waals surface area contributed by atoms with E-state index in [9.17, 15) is 14.7 Å². The minimum atomic E-state index is -1.13. The quantitative estimate of drug-likeness (QED) is 0.178. The molecule has 0 radical (unpaired) electrons. The van der Waals surface area contributed by atoms with Crippen LogP contribution in [0, 0.1) is 0 Å². The Hall–Kier alpha value is -4.33. The second-order valence-corrected chi connectivity index (χ2v) is 8.02. The third-order valence-electron chi connectivity index (χ3n) is 5.25. The highest BCUT2D eigenvalue weighted by Crippen LogP contribution is 2.18. The van der Waals surface area contributed by atoms with Gasteiger partial charge in [-0.25, -0.2) is 4.79 Å². The van der Waals surface area contributed by atoms with Crippen molar-refractivity contribution in [1.82, 2.24) is 4.90 Å². The zero-order valence-electron chi connectivity index (χ0n) is 21.4. The first kappa shape index (κ1) is 28.9. The van der Waals surface area contributed by atoms with Crippen LogP contribution in [0.5, 0.6) is 5.75 Å². The van der Waals surface area contributed by atoms with Gasteiger partial charge >= 0.3 is 12.1 Å². The Morgan fingerprint density at radius 3 is 2.38 bits per heavy atom. The highest BCUT2D eigenvalue weighted by Gasteiger charge is 2.20. The molecule has 0 atom stereocenters. The maximum Gasteiger partial charge on any atom is 0.415 e. The number of benzene rings is 2. The summed E-state index contributed by atoms with van der Waals surface area (Å²) < 4.78 is 17.0. The molecule has 0 unspecified atom stereocenters. The fourth-order valence-electron chi connectivity index (χ4n) is 3.27. The molecule has 2 aromatic rings. The van der Waals surface area contributed by atoms with Crippen molar-refractivity contribution in [3.05, 3.63) is 102 Å². The monoisotopic (exact) mass is 506 g/mol. The summed E-state index contributed by atoms with van der Waals surface area (Å²) in [4.78, 5) is 29.0. The first-order valence-corrected chi connectivity index (χ1v) is 11.9. The molecule has 0 fully saturated rings. The van der Waals surface area contributed by atoms with Gasteiger partial charge in [0.25, 0.3) is 0 Å². The fraction of sp³-hybridized carbons (Fsp3) is 0.276. The lowest BCUT2D eigenvalue weighted by Crippen LogP contribution is -2.35. The standard InChI is InChI=1S/C29H34N2O6/c1-5-10-25(6-2)37-29(34)31(20-28(32)33)19-23-13-15-26(16-14-23)35-18-17-27(30-4)22(3)36-21-24-11-8-7-9-12-24/h5,7-16H,1,4,6,17-21H2,2-3H3,(H,32,33)/b25-10+,27-22-. The molecule has 0 aromatic heterocycles. The van der Waals surface area contributed by atoms with E-state index in [2.05, 4.69) is 18.3 Å². The molecule has 1 N–H and O–H groups in total. The van der Waals surface area contributed by atoms with Gasteiger partial charge in [0.2, 0.25) is 0 Å². The van der Waals surface area contributed by atoms with E-state index in [0.29, 0.717) is 49.0 Å². The predicted octanol–water partition coefficient (Wildman–Crippen LogP) is 6.11. The molecule has 0 aliphatic carbocycles. The Morgan fingerprint density at radius 2 is 1.78 bits per heavy atom. The van der Waals surface area contributed by atoms with E-state index in [1.54, 1.807) is 30.3 Å². The average Bonchev–Trinajstić information content (AvgIpc) is 2.90. The van der Waals surface area contributed by atoms with Gasteiger partial charge in [-0.05, 0) is 43.0 Å². The molecule has 0 saturated carbocycles. The van der Waals surface area contributed by atoms with Crippen LogP contribution < -0.4 is 4.74 Å². The van der Waals surface area contributed by atoms with E-state index in [1.165, 1.54) is 6.08 Å². The number of nitrogens with zero attached hydrogens (tertiary/aromatic N) is 2. The van der Waals surface area contributed by atoms with Crippen molar-refractivity contribution in [1.29, 1.82) is 0 Å². The number of rotatable bonds is 15. The Kier molecular flexibility index (Phi) is 12.2. The normalized spacial score (nSPS) is 11.7. The number of aliphatic carboxylic acids is 1. The third-order valence-corrected chi connectivity index (χ3v) is 5.25. The zero-order chi connectivity index (χ0) is 27.0. The van der Waals surface area contributed by atoms with Crippen LogP contribution in [0.25, 0.3) is 0 Å². The summed E-state index contributed by atoms with van der Waals surface area (Å²) in [6.45, 7) is 11.3. The summed E-state index contributed by atoms with van der Waals surface area (Å²) in [7, 11) is 0. The van der Waals surface area contributed by atoms with Crippen LogP contribution in [-0.2, 0) is 27.4 Å². The molecular formula is C29H34N2O6. The number of hydrogen-bond donors (Lipinski definition) is 1. The van der Waals surface area contributed by atoms with Crippen LogP contribution in [0.15, 0.2) is 95.5 Å². The number of hydrogen-bond acceptors (Lipinski definition) is 6. The van der Waals surface area contributed by atoms with Crippen LogP contribution >= 0.6 is 0 Å². The summed E-state index contributed by atoms with van der Waals surface area (Å²) in [6.07, 6.45) is 3.33. The van der Waals surface area contributed by atoms with Gasteiger partial charge in [-0.2, -0.15) is 0 Å². The van der Waals surface area contributed by atoms with E-state index in [-0.39, 0.29) is 6.54 Å². The van der Waals surface area contributed by atoms with Gasteiger partial charge in [0.05, 0.1) is 12.3 Å². The molecule has 2 aromatic carbocycles. The average molecular weight is 507 g/mol. The van der Waals surface area contributed by atoms with E-state index in [1.807, 2.05) is 44.2 Å². The number of carbonyl (C=O) groups is 2. The first-order chi connectivity index (χ1) is 17.9. The van der Waals surface area contributed by atoms with Crippen molar-refractivity contribution in [3.63, 3.8) is 0 Å². The van der Waals surface area contributed by atoms with Gasteiger partial charge in [-0.3, -0.25) is 14.7 Å². The largest absolute Gasteiger partial charge is 0.493 e. The summed E-state index contributed by atoms with van der Waals surface area (Å²) in [5, 5.41) is 9.22. The van der Waals surface area contributed by atoms with Crippen molar-refractivity contribution < 1.29 is 28.9 Å². The molecule has 37 heavy (non-hydrogen) atoms. The maximum atomic E-state index is 12.5. The number of amides is 1. The SMILES string of the molecule is C=C/C=C(\CC)OC(=O)N(CC(=O)O)Cc1ccc(OCC/C(N=C)=C(\C)OCc2ccccc2)cc1. The topological polar surface area (TPSA) is 97.7 Å². The van der Waals surface area contributed by atoms with Crippen molar-refractivity contribution >= 4 is 18.8 Å². The number of allylic oxidation sites excluding steroid dienone is 4. The number of ether oxygens (including phenoxy) is 3. The van der Waals surface area contributed by atoms with Crippen LogP contribution in [-0.4, -0.2) is 41.9 Å². The molecule has 1 amide bonds. The molecular weight excluding hydrogens is 472 g/mol. The van der Waals surface area contributed by atoms with Crippen molar-refractivity contribution in [2.45, 2.75) is 39.8 Å². The Labute approximate surface area is 218 Å². The van der Waals surface area contributed by atoms with Gasteiger partial charge in [0.15, 0.2) is 0 Å². The summed E-state index contributed by atoms with van der Waals surface area (Å²) >= 11 is 0. The second kappa shape index (κ2) is 15.6. The van der Waals surface area contributed by atoms with E-state index < -0.39 is 18.6 Å². The first-order valence-electron chi connectivity index (χ1n) is 11.9. The third kappa shape index (κ3) is 10.4. The Balaban J connectivity index is 1.92. The smallest absolute Gasteiger partial charge is 0.415 e. The lowest BCUT2D eigenvalue weighted by Gasteiger charge is -2.21. The Bertz CT molecular complexity index is 1110. The summed E-state index contributed by atoms with van der Waals surface area (Å²) in [6, 6.07) is 16.9. The maximum absolute atomic E-state index is 12.5. The van der Waals surface area contributed by atoms with Gasteiger partial charge in [0.1, 0.15) is 30.4 Å². The van der Waals surface area contributed by atoms with E-state index >= 15 is 0 Å². The highest BCUT2D eigenvalue weighted by atomic mass is 16.6. The summed E-state index contributed by atoms with van der Waals surface area (Å²) in [5.74, 6) is 0.592. The number of carboxylic acid groups (broad SMARTS) is 1. The lowest BCUT2D eigenvalue weighted by atomic mass is 10.2. The van der Waals surface area contributed by atoms with E-state index in [4.69, 9.17) is 14.2 Å². The lowest BCUT2D eigenvalue weighted by molar-refractivity contribution is -0.138. The molecule has 2 rings (SSSR count). The van der Waals surface area contributed by atoms with Crippen molar-refractivity contribution in [2.24, 2.45) is 4.99 Å². The molecule has 0 aliphatic rings. The van der Waals surface area contributed by atoms with Gasteiger partial charge < -0.3 is 19.3 Å². The van der Waals surface area contributed by atoms with Crippen LogP contribution in [0.3, 0.4) is 0 Å². The van der Waals surface area contributed by atoms with Gasteiger partial charge in [-0.15, -0.1) is 0 Å². The summed E-state index contributed by atoms with van der Waals surface area (Å²) in [5.41, 5.74) is 2.51. The molecule has 0 heterocycles. The molecule has 0 saturated heterocycles. The Morgan fingerprint density at radius 1 is 1.08 bits per heavy atom. The number of carbonyl (C=O) groups excluding carboxylic acids is 1. The van der Waals surface area contributed by atoms with Crippen LogP contribution in [0.4, 0.5) is 4.79 Å². The predicted molar refractivity (Wildman–Crippen MR) is 143 cm³/mol. The van der Waals surface area contributed by atoms with Crippen LogP contribution in [0.1, 0.15) is 37.8 Å². The minimum absolute atomic E-state index is 0.0711. The molecule has 0 spiro atoms.